The first-order valence-electron chi connectivity index (χ1n) is 20.5. The van der Waals surface area contributed by atoms with E-state index >= 15 is 0 Å². The Bertz CT molecular complexity index is 3270. The molecule has 0 atom stereocenters. The number of furan rings is 1. The summed E-state index contributed by atoms with van der Waals surface area (Å²) >= 11 is 0. The molecule has 1 aromatic heterocycles. The second-order valence-electron chi connectivity index (χ2n) is 15.3. The molecule has 0 spiro atoms. The van der Waals surface area contributed by atoms with Crippen LogP contribution in [0, 0.1) is 0 Å². The molecule has 0 aliphatic heterocycles. The Labute approximate surface area is 349 Å². The zero-order valence-corrected chi connectivity index (χ0v) is 32.9. The number of rotatable bonds is 8. The van der Waals surface area contributed by atoms with Gasteiger partial charge in [-0.2, -0.15) is 0 Å². The second-order valence-corrected chi connectivity index (χ2v) is 15.3. The summed E-state index contributed by atoms with van der Waals surface area (Å²) in [7, 11) is 0. The lowest BCUT2D eigenvalue weighted by Crippen LogP contribution is -2.09. The van der Waals surface area contributed by atoms with Crippen molar-refractivity contribution in [2.75, 3.05) is 4.90 Å². The summed E-state index contributed by atoms with van der Waals surface area (Å²) in [5.74, 6) is 0. The molecule has 2 heteroatoms. The van der Waals surface area contributed by atoms with Crippen LogP contribution in [-0.4, -0.2) is 0 Å². The lowest BCUT2D eigenvalue weighted by molar-refractivity contribution is 0.670. The molecule has 0 aliphatic rings. The molecule has 0 unspecified atom stereocenters. The van der Waals surface area contributed by atoms with Crippen LogP contribution < -0.4 is 4.90 Å². The average Bonchev–Trinajstić information content (AvgIpc) is 3.72. The van der Waals surface area contributed by atoms with Crippen molar-refractivity contribution in [1.82, 2.24) is 0 Å². The van der Waals surface area contributed by atoms with E-state index in [-0.39, 0.29) is 0 Å². The average molecular weight is 766 g/mol. The predicted octanol–water partition coefficient (Wildman–Crippen LogP) is 16.5. The van der Waals surface area contributed by atoms with Gasteiger partial charge in [-0.3, -0.25) is 0 Å². The van der Waals surface area contributed by atoms with Gasteiger partial charge < -0.3 is 9.32 Å². The van der Waals surface area contributed by atoms with Crippen molar-refractivity contribution in [2.45, 2.75) is 0 Å². The molecule has 0 amide bonds. The smallest absolute Gasteiger partial charge is 0.143 e. The Kier molecular flexibility index (Phi) is 8.87. The van der Waals surface area contributed by atoms with Crippen LogP contribution in [0.25, 0.3) is 88.3 Å². The largest absolute Gasteiger partial charge is 0.455 e. The molecule has 0 radical (unpaired) electrons. The maximum Gasteiger partial charge on any atom is 0.143 e. The van der Waals surface area contributed by atoms with Crippen molar-refractivity contribution < 1.29 is 4.42 Å². The van der Waals surface area contributed by atoms with E-state index in [0.717, 1.165) is 61.3 Å². The summed E-state index contributed by atoms with van der Waals surface area (Å²) in [5, 5.41) is 4.77. The molecule has 10 aromatic carbocycles. The molecule has 2 nitrogen and oxygen atoms in total. The number of benzene rings is 10. The van der Waals surface area contributed by atoms with Crippen molar-refractivity contribution >= 4 is 49.8 Å². The van der Waals surface area contributed by atoms with Crippen molar-refractivity contribution in [2.24, 2.45) is 0 Å². The van der Waals surface area contributed by atoms with Crippen LogP contribution in [0.4, 0.5) is 17.1 Å². The zero-order chi connectivity index (χ0) is 39.8. The highest BCUT2D eigenvalue weighted by Gasteiger charge is 2.16. The van der Waals surface area contributed by atoms with Crippen LogP contribution in [0.15, 0.2) is 241 Å². The first-order valence-corrected chi connectivity index (χ1v) is 20.5. The molecule has 11 rings (SSSR count). The van der Waals surface area contributed by atoms with Gasteiger partial charge in [0.25, 0.3) is 0 Å². The lowest BCUT2D eigenvalue weighted by Gasteiger charge is -2.26. The minimum absolute atomic E-state index is 0.909. The van der Waals surface area contributed by atoms with Gasteiger partial charge in [0.05, 0.1) is 0 Å². The van der Waals surface area contributed by atoms with Gasteiger partial charge in [-0.25, -0.2) is 0 Å². The van der Waals surface area contributed by atoms with Crippen LogP contribution in [-0.2, 0) is 0 Å². The first-order chi connectivity index (χ1) is 29.7. The monoisotopic (exact) mass is 765 g/mol. The normalized spacial score (nSPS) is 11.3. The Morgan fingerprint density at radius 3 is 1.38 bits per heavy atom. The Morgan fingerprint density at radius 1 is 0.267 bits per heavy atom. The molecular weight excluding hydrogens is 727 g/mol. The summed E-state index contributed by atoms with van der Waals surface area (Å²) in [6.45, 7) is 0. The Morgan fingerprint density at radius 2 is 0.700 bits per heavy atom. The van der Waals surface area contributed by atoms with Gasteiger partial charge in [-0.1, -0.05) is 188 Å². The number of nitrogens with zero attached hydrogens (tertiary/aromatic N) is 1. The van der Waals surface area contributed by atoms with E-state index in [1.165, 1.54) is 44.2 Å². The molecule has 0 saturated carbocycles. The zero-order valence-electron chi connectivity index (χ0n) is 32.9. The summed E-state index contributed by atoms with van der Waals surface area (Å²) in [4.78, 5) is 2.34. The highest BCUT2D eigenvalue weighted by Crippen LogP contribution is 2.40. The third kappa shape index (κ3) is 6.51. The van der Waals surface area contributed by atoms with E-state index in [9.17, 15) is 0 Å². The molecule has 0 aliphatic carbocycles. The summed E-state index contributed by atoms with van der Waals surface area (Å²) < 4.78 is 6.41. The quantitative estimate of drug-likeness (QED) is 0.153. The van der Waals surface area contributed by atoms with E-state index in [0.29, 0.717) is 0 Å². The van der Waals surface area contributed by atoms with Crippen molar-refractivity contribution in [3.05, 3.63) is 237 Å². The molecule has 0 bridgehead atoms. The molecule has 0 fully saturated rings. The summed E-state index contributed by atoms with van der Waals surface area (Å²) in [6.07, 6.45) is 0. The van der Waals surface area contributed by atoms with Crippen molar-refractivity contribution in [1.29, 1.82) is 0 Å². The SMILES string of the molecule is c1ccc(-c2ccc(-c3ccc(N(c4ccc(-c5cccc(-c6cccc7c6oc6ccccc67)c5)cc4)c4ccc(-c5cccc6ccccc56)cc4)cc3)cc2)cc1. The third-order valence-electron chi connectivity index (χ3n) is 11.7. The van der Waals surface area contributed by atoms with Gasteiger partial charge in [0, 0.05) is 33.4 Å². The van der Waals surface area contributed by atoms with Gasteiger partial charge in [0.2, 0.25) is 0 Å². The van der Waals surface area contributed by atoms with Gasteiger partial charge in [-0.05, 0) is 109 Å². The van der Waals surface area contributed by atoms with E-state index in [2.05, 4.69) is 229 Å². The number of hydrogen-bond acceptors (Lipinski definition) is 2. The van der Waals surface area contributed by atoms with Crippen LogP contribution in [0.3, 0.4) is 0 Å². The molecule has 60 heavy (non-hydrogen) atoms. The highest BCUT2D eigenvalue weighted by molar-refractivity contribution is 6.09. The molecule has 1 heterocycles. The first kappa shape index (κ1) is 35.2. The number of para-hydroxylation sites is 2. The Hall–Kier alpha value is -7.94. The standard InChI is InChI=1S/C58H39NO/c1-2-11-40(12-3-1)41-23-25-42(26-24-41)43-27-33-49(34-28-43)59(51-37-31-46(32-38-51)53-19-9-14-45-13-4-5-17-52(45)53)50-35-29-44(30-36-50)47-15-8-16-48(39-47)54-20-10-21-56-55-18-6-7-22-57(55)60-58(54)56/h1-39H. The fraction of sp³-hybridized carbons (Fsp3) is 0. The van der Waals surface area contributed by atoms with E-state index in [1.54, 1.807) is 0 Å². The molecular formula is C58H39NO. The minimum Gasteiger partial charge on any atom is -0.455 e. The third-order valence-corrected chi connectivity index (χ3v) is 11.7. The maximum atomic E-state index is 6.41. The van der Waals surface area contributed by atoms with Crippen LogP contribution in [0.1, 0.15) is 0 Å². The van der Waals surface area contributed by atoms with Crippen LogP contribution >= 0.6 is 0 Å². The summed E-state index contributed by atoms with van der Waals surface area (Å²) in [5.41, 5.74) is 16.9. The lowest BCUT2D eigenvalue weighted by atomic mass is 9.97. The van der Waals surface area contributed by atoms with Crippen LogP contribution in [0.2, 0.25) is 0 Å². The van der Waals surface area contributed by atoms with Crippen LogP contribution in [0.5, 0.6) is 0 Å². The molecule has 0 N–H and O–H groups in total. The van der Waals surface area contributed by atoms with Gasteiger partial charge >= 0.3 is 0 Å². The maximum absolute atomic E-state index is 6.41. The predicted molar refractivity (Wildman–Crippen MR) is 253 cm³/mol. The minimum atomic E-state index is 0.909. The second kappa shape index (κ2) is 15.1. The summed E-state index contributed by atoms with van der Waals surface area (Å²) in [6, 6.07) is 84.8. The highest BCUT2D eigenvalue weighted by atomic mass is 16.3. The molecule has 282 valence electrons. The van der Waals surface area contributed by atoms with E-state index in [1.807, 2.05) is 12.1 Å². The van der Waals surface area contributed by atoms with Gasteiger partial charge in [-0.15, -0.1) is 0 Å². The van der Waals surface area contributed by atoms with E-state index < -0.39 is 0 Å². The van der Waals surface area contributed by atoms with Crippen molar-refractivity contribution in [3.63, 3.8) is 0 Å². The fourth-order valence-corrected chi connectivity index (χ4v) is 8.65. The molecule has 11 aromatic rings. The number of fused-ring (bicyclic) bond motifs is 4. The number of hydrogen-bond donors (Lipinski definition) is 0. The van der Waals surface area contributed by atoms with E-state index in [4.69, 9.17) is 4.42 Å². The number of anilines is 3. The van der Waals surface area contributed by atoms with Gasteiger partial charge in [0.15, 0.2) is 0 Å². The molecule has 0 saturated heterocycles. The Balaban J connectivity index is 0.942. The van der Waals surface area contributed by atoms with Crippen molar-refractivity contribution in [3.8, 4) is 55.6 Å². The topological polar surface area (TPSA) is 16.4 Å². The van der Waals surface area contributed by atoms with Gasteiger partial charge in [0.1, 0.15) is 11.2 Å². The fourth-order valence-electron chi connectivity index (χ4n) is 8.65.